The Bertz CT molecular complexity index is 1290. The SMILES string of the molecule is Cc1c(F)cccc1-c1noc(C2CCCN2C(=O)c2cc(Cl)ccc2-n2nccn2)n1. The molecule has 1 aliphatic heterocycles. The highest BCUT2D eigenvalue weighted by Gasteiger charge is 2.36. The molecule has 0 aliphatic carbocycles. The lowest BCUT2D eigenvalue weighted by atomic mass is 10.1. The minimum atomic E-state index is -0.393. The van der Waals surface area contributed by atoms with E-state index in [0.717, 1.165) is 6.42 Å². The van der Waals surface area contributed by atoms with E-state index in [-0.39, 0.29) is 11.7 Å². The van der Waals surface area contributed by atoms with Gasteiger partial charge < -0.3 is 9.42 Å². The minimum absolute atomic E-state index is 0.232. The van der Waals surface area contributed by atoms with Crippen LogP contribution in [0.25, 0.3) is 17.1 Å². The van der Waals surface area contributed by atoms with Crippen LogP contribution in [-0.4, -0.2) is 42.5 Å². The molecule has 3 heterocycles. The zero-order valence-corrected chi connectivity index (χ0v) is 17.8. The molecule has 32 heavy (non-hydrogen) atoms. The maximum Gasteiger partial charge on any atom is 0.256 e. The predicted molar refractivity (Wildman–Crippen MR) is 114 cm³/mol. The highest BCUT2D eigenvalue weighted by Crippen LogP contribution is 2.35. The van der Waals surface area contributed by atoms with Crippen LogP contribution < -0.4 is 0 Å². The van der Waals surface area contributed by atoms with Crippen molar-refractivity contribution in [3.63, 3.8) is 0 Å². The smallest absolute Gasteiger partial charge is 0.256 e. The summed E-state index contributed by atoms with van der Waals surface area (Å²) in [6.45, 7) is 2.19. The second-order valence-electron chi connectivity index (χ2n) is 7.51. The van der Waals surface area contributed by atoms with Crippen LogP contribution >= 0.6 is 11.6 Å². The molecule has 1 unspecified atom stereocenters. The van der Waals surface area contributed by atoms with Crippen molar-refractivity contribution in [1.29, 1.82) is 0 Å². The monoisotopic (exact) mass is 452 g/mol. The van der Waals surface area contributed by atoms with Crippen molar-refractivity contribution >= 4 is 17.5 Å². The molecule has 162 valence electrons. The molecule has 2 aromatic carbocycles. The number of aromatic nitrogens is 5. The van der Waals surface area contributed by atoms with Crippen molar-refractivity contribution in [3.05, 3.63) is 76.6 Å². The van der Waals surface area contributed by atoms with E-state index in [1.165, 1.54) is 23.3 Å². The molecule has 1 saturated heterocycles. The molecule has 8 nitrogen and oxygen atoms in total. The molecule has 0 bridgehead atoms. The molecule has 10 heteroatoms. The third-order valence-corrected chi connectivity index (χ3v) is 5.81. The van der Waals surface area contributed by atoms with Crippen molar-refractivity contribution in [2.75, 3.05) is 6.54 Å². The summed E-state index contributed by atoms with van der Waals surface area (Å²) in [5, 5.41) is 12.7. The number of benzene rings is 2. The van der Waals surface area contributed by atoms with Gasteiger partial charge in [0.15, 0.2) is 0 Å². The van der Waals surface area contributed by atoms with Gasteiger partial charge in [-0.2, -0.15) is 20.0 Å². The number of rotatable bonds is 4. The number of amides is 1. The summed E-state index contributed by atoms with van der Waals surface area (Å²) in [4.78, 5) is 21.1. The van der Waals surface area contributed by atoms with Crippen LogP contribution in [0.5, 0.6) is 0 Å². The van der Waals surface area contributed by atoms with Gasteiger partial charge in [0.05, 0.1) is 23.6 Å². The number of nitrogens with zero attached hydrogens (tertiary/aromatic N) is 6. The number of likely N-dealkylation sites (tertiary alicyclic amines) is 1. The first-order chi connectivity index (χ1) is 15.5. The average Bonchev–Trinajstić information content (AvgIpc) is 3.56. The average molecular weight is 453 g/mol. The second-order valence-corrected chi connectivity index (χ2v) is 7.94. The molecule has 5 rings (SSSR count). The van der Waals surface area contributed by atoms with Gasteiger partial charge >= 0.3 is 0 Å². The summed E-state index contributed by atoms with van der Waals surface area (Å²) in [6, 6.07) is 9.32. The summed E-state index contributed by atoms with van der Waals surface area (Å²) in [5.41, 5.74) is 1.89. The van der Waals surface area contributed by atoms with Crippen molar-refractivity contribution in [1.82, 2.24) is 30.0 Å². The lowest BCUT2D eigenvalue weighted by molar-refractivity contribution is 0.0709. The number of halogens is 2. The lowest BCUT2D eigenvalue weighted by Crippen LogP contribution is -2.31. The van der Waals surface area contributed by atoms with Crippen molar-refractivity contribution in [3.8, 4) is 17.1 Å². The van der Waals surface area contributed by atoms with Crippen molar-refractivity contribution in [2.45, 2.75) is 25.8 Å². The molecule has 1 aliphatic rings. The predicted octanol–water partition coefficient (Wildman–Crippen LogP) is 4.40. The molecule has 1 fully saturated rings. The van der Waals surface area contributed by atoms with Gasteiger partial charge in [0, 0.05) is 17.1 Å². The van der Waals surface area contributed by atoms with Gasteiger partial charge in [-0.25, -0.2) is 4.39 Å². The first kappa shape index (κ1) is 20.3. The van der Waals surface area contributed by atoms with Crippen LogP contribution in [-0.2, 0) is 0 Å². The van der Waals surface area contributed by atoms with E-state index >= 15 is 0 Å². The fraction of sp³-hybridized carbons (Fsp3) is 0.227. The van der Waals surface area contributed by atoms with Gasteiger partial charge in [0.2, 0.25) is 11.7 Å². The quantitative estimate of drug-likeness (QED) is 0.456. The van der Waals surface area contributed by atoms with Gasteiger partial charge in [-0.1, -0.05) is 28.9 Å². The highest BCUT2D eigenvalue weighted by atomic mass is 35.5. The van der Waals surface area contributed by atoms with Gasteiger partial charge in [-0.3, -0.25) is 4.79 Å². The zero-order chi connectivity index (χ0) is 22.2. The molecule has 0 radical (unpaired) electrons. The molecule has 2 aromatic heterocycles. The topological polar surface area (TPSA) is 89.9 Å². The number of hydrogen-bond donors (Lipinski definition) is 0. The minimum Gasteiger partial charge on any atom is -0.337 e. The normalized spacial score (nSPS) is 16.0. The summed E-state index contributed by atoms with van der Waals surface area (Å²) in [5.74, 6) is 0.0343. The van der Waals surface area contributed by atoms with Gasteiger partial charge in [-0.05, 0) is 49.6 Å². The number of carbonyl (C=O) groups excluding carboxylic acids is 1. The summed E-state index contributed by atoms with van der Waals surface area (Å²) >= 11 is 6.19. The fourth-order valence-electron chi connectivity index (χ4n) is 3.95. The van der Waals surface area contributed by atoms with E-state index in [2.05, 4.69) is 20.3 Å². The van der Waals surface area contributed by atoms with Gasteiger partial charge in [0.1, 0.15) is 11.9 Å². The summed E-state index contributed by atoms with van der Waals surface area (Å²) in [6.07, 6.45) is 4.53. The second kappa shape index (κ2) is 8.16. The molecular formula is C22H18ClFN6O2. The van der Waals surface area contributed by atoms with E-state index in [1.54, 1.807) is 42.2 Å². The highest BCUT2D eigenvalue weighted by molar-refractivity contribution is 6.31. The Labute approximate surface area is 187 Å². The molecule has 1 amide bonds. The third kappa shape index (κ3) is 3.54. The molecule has 0 saturated carbocycles. The van der Waals surface area contributed by atoms with Gasteiger partial charge in [-0.15, -0.1) is 0 Å². The fourth-order valence-corrected chi connectivity index (χ4v) is 4.12. The Morgan fingerprint density at radius 2 is 2.03 bits per heavy atom. The Hall–Kier alpha value is -3.59. The summed E-state index contributed by atoms with van der Waals surface area (Å²) < 4.78 is 19.5. The first-order valence-electron chi connectivity index (χ1n) is 10.1. The standard InChI is InChI=1S/C22H18ClFN6O2/c1-13-15(4-2-5-17(13)24)20-27-21(32-28-20)19-6-3-11-29(19)22(31)16-12-14(23)7-8-18(16)30-25-9-10-26-30/h2,4-5,7-10,12,19H,3,6,11H2,1H3. The maximum absolute atomic E-state index is 14.0. The van der Waals surface area contributed by atoms with Crippen molar-refractivity contribution < 1.29 is 13.7 Å². The first-order valence-corrected chi connectivity index (χ1v) is 10.5. The van der Waals surface area contributed by atoms with Crippen LogP contribution in [0.15, 0.2) is 53.3 Å². The zero-order valence-electron chi connectivity index (χ0n) is 17.1. The number of hydrogen-bond acceptors (Lipinski definition) is 6. The van der Waals surface area contributed by atoms with E-state index in [1.807, 2.05) is 0 Å². The molecule has 0 spiro atoms. The Morgan fingerprint density at radius 3 is 2.84 bits per heavy atom. The Balaban J connectivity index is 1.48. The van der Waals surface area contributed by atoms with Crippen LogP contribution in [0.4, 0.5) is 4.39 Å². The lowest BCUT2D eigenvalue weighted by Gasteiger charge is -2.23. The van der Waals surface area contributed by atoms with Crippen LogP contribution in [0, 0.1) is 12.7 Å². The van der Waals surface area contributed by atoms with E-state index in [9.17, 15) is 9.18 Å². The summed E-state index contributed by atoms with van der Waals surface area (Å²) in [7, 11) is 0. The van der Waals surface area contributed by atoms with E-state index in [0.29, 0.717) is 52.1 Å². The van der Waals surface area contributed by atoms with Crippen molar-refractivity contribution in [2.24, 2.45) is 0 Å². The maximum atomic E-state index is 14.0. The van der Waals surface area contributed by atoms with Crippen LogP contribution in [0.1, 0.15) is 40.7 Å². The van der Waals surface area contributed by atoms with E-state index in [4.69, 9.17) is 16.1 Å². The van der Waals surface area contributed by atoms with E-state index < -0.39 is 6.04 Å². The van der Waals surface area contributed by atoms with Crippen LogP contribution in [0.3, 0.4) is 0 Å². The number of carbonyl (C=O) groups is 1. The molecule has 0 N–H and O–H groups in total. The largest absolute Gasteiger partial charge is 0.337 e. The Morgan fingerprint density at radius 1 is 1.22 bits per heavy atom. The molecule has 1 atom stereocenters. The van der Waals surface area contributed by atoms with Gasteiger partial charge in [0.25, 0.3) is 5.91 Å². The van der Waals surface area contributed by atoms with Crippen LogP contribution in [0.2, 0.25) is 5.02 Å². The third-order valence-electron chi connectivity index (χ3n) is 5.57. The Kier molecular flexibility index (Phi) is 5.18. The molecule has 4 aromatic rings. The molecular weight excluding hydrogens is 435 g/mol.